The fourth-order valence-electron chi connectivity index (χ4n) is 1.94. The molecular formula is C12H10F3NO3. The second kappa shape index (κ2) is 4.56. The first kappa shape index (κ1) is 13.4. The van der Waals surface area contributed by atoms with Crippen molar-refractivity contribution in [3.8, 4) is 5.75 Å². The monoisotopic (exact) mass is 273 g/mol. The standard InChI is InChI=1S/C12H10F3NO3/c1-16-10(17)6-9(11(16)18)7-3-2-4-8(5-7)19-12(13,14)15/h2-5,9H,6H2,1H3. The fraction of sp³-hybridized carbons (Fsp3) is 0.333. The average Bonchev–Trinajstić information content (AvgIpc) is 2.55. The summed E-state index contributed by atoms with van der Waals surface area (Å²) < 4.78 is 40.1. The van der Waals surface area contributed by atoms with Crippen LogP contribution in [0.25, 0.3) is 0 Å². The number of likely N-dealkylation sites (N-methyl/N-ethyl adjacent to an activating group) is 1. The Morgan fingerprint density at radius 3 is 2.53 bits per heavy atom. The van der Waals surface area contributed by atoms with Crippen LogP contribution in [0.3, 0.4) is 0 Å². The molecule has 1 fully saturated rings. The average molecular weight is 273 g/mol. The summed E-state index contributed by atoms with van der Waals surface area (Å²) in [6, 6.07) is 5.12. The number of hydrogen-bond acceptors (Lipinski definition) is 3. The number of imide groups is 1. The lowest BCUT2D eigenvalue weighted by Crippen LogP contribution is -2.25. The number of likely N-dealkylation sites (tertiary alicyclic amines) is 1. The van der Waals surface area contributed by atoms with E-state index in [1.807, 2.05) is 0 Å². The Kier molecular flexibility index (Phi) is 3.21. The van der Waals surface area contributed by atoms with Crippen molar-refractivity contribution >= 4 is 11.8 Å². The first-order valence-electron chi connectivity index (χ1n) is 5.44. The number of halogens is 3. The van der Waals surface area contributed by atoms with Gasteiger partial charge in [-0.25, -0.2) is 0 Å². The molecule has 2 rings (SSSR count). The van der Waals surface area contributed by atoms with Crippen LogP contribution in [-0.4, -0.2) is 30.1 Å². The number of nitrogens with zero attached hydrogens (tertiary/aromatic N) is 1. The van der Waals surface area contributed by atoms with Crippen LogP contribution in [0.15, 0.2) is 24.3 Å². The van der Waals surface area contributed by atoms with E-state index in [9.17, 15) is 22.8 Å². The lowest BCUT2D eigenvalue weighted by molar-refractivity contribution is -0.274. The molecule has 1 unspecified atom stereocenters. The Morgan fingerprint density at radius 2 is 2.00 bits per heavy atom. The van der Waals surface area contributed by atoms with Crippen molar-refractivity contribution in [2.75, 3.05) is 7.05 Å². The quantitative estimate of drug-likeness (QED) is 0.775. The molecule has 1 atom stereocenters. The van der Waals surface area contributed by atoms with Crippen LogP contribution in [0, 0.1) is 0 Å². The molecule has 1 aromatic rings. The summed E-state index contributed by atoms with van der Waals surface area (Å²) in [5.41, 5.74) is 0.337. The summed E-state index contributed by atoms with van der Waals surface area (Å²) in [6.45, 7) is 0. The number of amides is 2. The van der Waals surface area contributed by atoms with Crippen molar-refractivity contribution in [3.05, 3.63) is 29.8 Å². The van der Waals surface area contributed by atoms with Gasteiger partial charge in [0.25, 0.3) is 0 Å². The third-order valence-electron chi connectivity index (χ3n) is 2.88. The molecule has 0 saturated carbocycles. The summed E-state index contributed by atoms with van der Waals surface area (Å²) >= 11 is 0. The highest BCUT2D eigenvalue weighted by Crippen LogP contribution is 2.32. The number of rotatable bonds is 2. The number of alkyl halides is 3. The molecule has 1 aromatic carbocycles. The highest BCUT2D eigenvalue weighted by atomic mass is 19.4. The highest BCUT2D eigenvalue weighted by Gasteiger charge is 2.37. The predicted octanol–water partition coefficient (Wildman–Crippen LogP) is 2.06. The van der Waals surface area contributed by atoms with Gasteiger partial charge in [-0.1, -0.05) is 12.1 Å². The van der Waals surface area contributed by atoms with Crippen LogP contribution in [0.1, 0.15) is 17.9 Å². The minimum atomic E-state index is -4.79. The topological polar surface area (TPSA) is 46.6 Å². The number of ether oxygens (including phenoxy) is 1. The Labute approximate surface area is 106 Å². The van der Waals surface area contributed by atoms with Gasteiger partial charge >= 0.3 is 6.36 Å². The Morgan fingerprint density at radius 1 is 1.32 bits per heavy atom. The molecular weight excluding hydrogens is 263 g/mol. The van der Waals surface area contributed by atoms with Gasteiger partial charge in [0.05, 0.1) is 5.92 Å². The zero-order valence-corrected chi connectivity index (χ0v) is 9.90. The van der Waals surface area contributed by atoms with Gasteiger partial charge in [0.1, 0.15) is 5.75 Å². The van der Waals surface area contributed by atoms with Gasteiger partial charge < -0.3 is 4.74 Å². The van der Waals surface area contributed by atoms with Crippen LogP contribution in [-0.2, 0) is 9.59 Å². The van der Waals surface area contributed by atoms with Crippen molar-refractivity contribution in [1.29, 1.82) is 0 Å². The minimum absolute atomic E-state index is 0.0369. The van der Waals surface area contributed by atoms with Crippen LogP contribution in [0.2, 0.25) is 0 Å². The summed E-state index contributed by atoms with van der Waals surface area (Å²) in [6.07, 6.45) is -4.82. The third kappa shape index (κ3) is 2.86. The molecule has 19 heavy (non-hydrogen) atoms. The van der Waals surface area contributed by atoms with Crippen molar-refractivity contribution < 1.29 is 27.5 Å². The molecule has 1 saturated heterocycles. The van der Waals surface area contributed by atoms with Crippen LogP contribution in [0.4, 0.5) is 13.2 Å². The Hall–Kier alpha value is -2.05. The van der Waals surface area contributed by atoms with E-state index in [0.29, 0.717) is 5.56 Å². The number of hydrogen-bond donors (Lipinski definition) is 0. The second-order valence-electron chi connectivity index (χ2n) is 4.17. The summed E-state index contributed by atoms with van der Waals surface area (Å²) in [5, 5.41) is 0. The first-order valence-corrected chi connectivity index (χ1v) is 5.44. The van der Waals surface area contributed by atoms with Crippen LogP contribution in [0.5, 0.6) is 5.75 Å². The zero-order valence-electron chi connectivity index (χ0n) is 9.90. The van der Waals surface area contributed by atoms with Gasteiger partial charge in [-0.3, -0.25) is 14.5 Å². The van der Waals surface area contributed by atoms with E-state index >= 15 is 0 Å². The SMILES string of the molecule is CN1C(=O)CC(c2cccc(OC(F)(F)F)c2)C1=O. The molecule has 0 spiro atoms. The molecule has 1 aliphatic heterocycles. The van der Waals surface area contributed by atoms with Gasteiger partial charge in [-0.15, -0.1) is 13.2 Å². The summed E-state index contributed by atoms with van der Waals surface area (Å²) in [7, 11) is 1.35. The van der Waals surface area contributed by atoms with Crippen molar-refractivity contribution in [3.63, 3.8) is 0 Å². The first-order chi connectivity index (χ1) is 8.78. The van der Waals surface area contributed by atoms with E-state index in [2.05, 4.69) is 4.74 Å². The molecule has 0 bridgehead atoms. The molecule has 4 nitrogen and oxygen atoms in total. The molecule has 0 aromatic heterocycles. The third-order valence-corrected chi connectivity index (χ3v) is 2.88. The maximum absolute atomic E-state index is 12.1. The second-order valence-corrected chi connectivity index (χ2v) is 4.17. The van der Waals surface area contributed by atoms with Gasteiger partial charge in [-0.05, 0) is 17.7 Å². The number of benzene rings is 1. The van der Waals surface area contributed by atoms with E-state index < -0.39 is 23.9 Å². The molecule has 7 heteroatoms. The maximum atomic E-state index is 12.1. The molecule has 1 heterocycles. The van der Waals surface area contributed by atoms with Gasteiger partial charge in [0.15, 0.2) is 0 Å². The zero-order chi connectivity index (χ0) is 14.2. The number of carbonyl (C=O) groups is 2. The lowest BCUT2D eigenvalue weighted by atomic mass is 9.97. The van der Waals surface area contributed by atoms with E-state index in [0.717, 1.165) is 17.0 Å². The van der Waals surface area contributed by atoms with Crippen LogP contribution < -0.4 is 4.74 Å². The van der Waals surface area contributed by atoms with Crippen molar-refractivity contribution in [2.24, 2.45) is 0 Å². The maximum Gasteiger partial charge on any atom is 0.573 e. The Balaban J connectivity index is 2.25. The highest BCUT2D eigenvalue weighted by molar-refractivity contribution is 6.05. The number of carbonyl (C=O) groups excluding carboxylic acids is 2. The van der Waals surface area contributed by atoms with E-state index in [1.54, 1.807) is 0 Å². The normalized spacial score (nSPS) is 20.0. The molecule has 102 valence electrons. The predicted molar refractivity (Wildman–Crippen MR) is 58.3 cm³/mol. The van der Waals surface area contributed by atoms with Crippen molar-refractivity contribution in [2.45, 2.75) is 18.7 Å². The van der Waals surface area contributed by atoms with Gasteiger partial charge in [0, 0.05) is 13.5 Å². The molecule has 0 radical (unpaired) electrons. The molecule has 1 aliphatic rings. The molecule has 2 amide bonds. The largest absolute Gasteiger partial charge is 0.573 e. The van der Waals surface area contributed by atoms with Crippen LogP contribution >= 0.6 is 0 Å². The van der Waals surface area contributed by atoms with E-state index in [-0.39, 0.29) is 12.3 Å². The lowest BCUT2D eigenvalue weighted by Gasteiger charge is -2.12. The molecule has 0 N–H and O–H groups in total. The van der Waals surface area contributed by atoms with Crippen molar-refractivity contribution in [1.82, 2.24) is 4.90 Å². The summed E-state index contributed by atoms with van der Waals surface area (Å²) in [5.74, 6) is -1.92. The molecule has 0 aliphatic carbocycles. The summed E-state index contributed by atoms with van der Waals surface area (Å²) in [4.78, 5) is 24.1. The Bertz CT molecular complexity index is 527. The van der Waals surface area contributed by atoms with Gasteiger partial charge in [-0.2, -0.15) is 0 Å². The van der Waals surface area contributed by atoms with E-state index in [4.69, 9.17) is 0 Å². The van der Waals surface area contributed by atoms with E-state index in [1.165, 1.54) is 19.2 Å². The minimum Gasteiger partial charge on any atom is -0.406 e. The van der Waals surface area contributed by atoms with Gasteiger partial charge in [0.2, 0.25) is 11.8 Å². The fourth-order valence-corrected chi connectivity index (χ4v) is 1.94. The smallest absolute Gasteiger partial charge is 0.406 e.